The van der Waals surface area contributed by atoms with Crippen LogP contribution in [0.3, 0.4) is 0 Å². The van der Waals surface area contributed by atoms with E-state index in [4.69, 9.17) is 4.42 Å². The van der Waals surface area contributed by atoms with Crippen molar-refractivity contribution in [2.75, 3.05) is 36.4 Å². The van der Waals surface area contributed by atoms with Gasteiger partial charge in [0.25, 0.3) is 11.6 Å². The molecule has 3 aromatic rings. The van der Waals surface area contributed by atoms with Crippen molar-refractivity contribution < 1.29 is 18.9 Å². The molecule has 2 aromatic carbocycles. The fraction of sp³-hybridized carbons (Fsp3) is 0.308. The van der Waals surface area contributed by atoms with Gasteiger partial charge in [0.05, 0.1) is 4.92 Å². The molecule has 1 N–H and O–H groups in total. The Morgan fingerprint density at radius 1 is 1.03 bits per heavy atom. The molecular formula is C26H28N4O5. The van der Waals surface area contributed by atoms with Crippen LogP contribution in [0.2, 0.25) is 0 Å². The number of non-ortho nitro benzene ring substituents is 1. The number of carbonyl (C=O) groups is 2. The number of carbonyl (C=O) groups excluding carboxylic acids is 2. The first-order chi connectivity index (χ1) is 16.8. The Balaban J connectivity index is 1.34. The van der Waals surface area contributed by atoms with E-state index in [2.05, 4.69) is 24.1 Å². The molecule has 0 atom stereocenters. The summed E-state index contributed by atoms with van der Waals surface area (Å²) in [6.07, 6.45) is 0.580. The highest BCUT2D eigenvalue weighted by Gasteiger charge is 2.22. The van der Waals surface area contributed by atoms with Crippen molar-refractivity contribution in [3.63, 3.8) is 0 Å². The van der Waals surface area contributed by atoms with Gasteiger partial charge in [0.15, 0.2) is 5.76 Å². The lowest BCUT2D eigenvalue weighted by Crippen LogP contribution is -2.49. The zero-order chi connectivity index (χ0) is 24.9. The monoisotopic (exact) mass is 476 g/mol. The van der Waals surface area contributed by atoms with Gasteiger partial charge in [-0.05, 0) is 42.3 Å². The second-order valence-corrected chi connectivity index (χ2v) is 8.94. The van der Waals surface area contributed by atoms with E-state index in [1.54, 1.807) is 18.2 Å². The number of nitrogens with one attached hydrogen (secondary N) is 1. The summed E-state index contributed by atoms with van der Waals surface area (Å²) in [6, 6.07) is 16.8. The molecule has 9 heteroatoms. The second-order valence-electron chi connectivity index (χ2n) is 8.94. The van der Waals surface area contributed by atoms with Crippen LogP contribution in [-0.4, -0.2) is 47.8 Å². The zero-order valence-electron chi connectivity index (χ0n) is 19.8. The van der Waals surface area contributed by atoms with Crippen LogP contribution in [0.25, 0.3) is 11.3 Å². The molecule has 0 saturated carbocycles. The van der Waals surface area contributed by atoms with Gasteiger partial charge in [-0.1, -0.05) is 26.0 Å². The van der Waals surface area contributed by atoms with Crippen molar-refractivity contribution in [2.24, 2.45) is 5.92 Å². The maximum Gasteiger partial charge on any atom is 0.291 e. The van der Waals surface area contributed by atoms with Gasteiger partial charge in [-0.2, -0.15) is 0 Å². The van der Waals surface area contributed by atoms with E-state index in [0.29, 0.717) is 42.4 Å². The number of nitro groups is 1. The van der Waals surface area contributed by atoms with Crippen LogP contribution in [0.15, 0.2) is 65.1 Å². The van der Waals surface area contributed by atoms with E-state index < -0.39 is 10.8 Å². The molecule has 2 heterocycles. The lowest BCUT2D eigenvalue weighted by atomic mass is 10.1. The van der Waals surface area contributed by atoms with Gasteiger partial charge in [-0.3, -0.25) is 19.7 Å². The summed E-state index contributed by atoms with van der Waals surface area (Å²) >= 11 is 0. The standard InChI is InChI=1S/C26H28N4O5/c1-18(2)16-25(31)29-14-12-28(13-15-29)21-8-6-20(7-9-21)27-26(32)24-11-10-23(35-24)19-4-3-5-22(17-19)30(33)34/h3-11,17-18H,12-16H2,1-2H3,(H,27,32). The lowest BCUT2D eigenvalue weighted by molar-refractivity contribution is -0.384. The molecule has 0 aliphatic carbocycles. The van der Waals surface area contributed by atoms with Crippen molar-refractivity contribution in [1.82, 2.24) is 4.90 Å². The molecule has 2 amide bonds. The number of amides is 2. The molecule has 182 valence electrons. The van der Waals surface area contributed by atoms with Gasteiger partial charge in [0.2, 0.25) is 5.91 Å². The number of rotatable bonds is 7. The van der Waals surface area contributed by atoms with Crippen molar-refractivity contribution >= 4 is 28.9 Å². The largest absolute Gasteiger partial charge is 0.451 e. The molecule has 0 bridgehead atoms. The Hall–Kier alpha value is -4.14. The maximum absolute atomic E-state index is 12.6. The Labute approximate surface area is 203 Å². The van der Waals surface area contributed by atoms with Crippen molar-refractivity contribution in [3.05, 3.63) is 76.5 Å². The quantitative estimate of drug-likeness (QED) is 0.387. The summed E-state index contributed by atoms with van der Waals surface area (Å²) < 4.78 is 5.64. The van der Waals surface area contributed by atoms with Crippen molar-refractivity contribution in [3.8, 4) is 11.3 Å². The van der Waals surface area contributed by atoms with Gasteiger partial charge < -0.3 is 19.5 Å². The SMILES string of the molecule is CC(C)CC(=O)N1CCN(c2ccc(NC(=O)c3ccc(-c4cccc([N+](=O)[O-])c4)o3)cc2)CC1. The molecule has 1 aliphatic heterocycles. The molecule has 4 rings (SSSR count). The van der Waals surface area contributed by atoms with Gasteiger partial charge in [-0.15, -0.1) is 0 Å². The van der Waals surface area contributed by atoms with Crippen molar-refractivity contribution in [1.29, 1.82) is 0 Å². The summed E-state index contributed by atoms with van der Waals surface area (Å²) in [5.41, 5.74) is 2.13. The highest BCUT2D eigenvalue weighted by Crippen LogP contribution is 2.26. The first-order valence-corrected chi connectivity index (χ1v) is 11.6. The predicted octanol–water partition coefficient (Wildman–Crippen LogP) is 4.80. The van der Waals surface area contributed by atoms with Gasteiger partial charge >= 0.3 is 0 Å². The minimum Gasteiger partial charge on any atom is -0.451 e. The number of nitrogens with zero attached hydrogens (tertiary/aromatic N) is 3. The Bertz CT molecular complexity index is 1210. The molecule has 0 spiro atoms. The van der Waals surface area contributed by atoms with Crippen LogP contribution in [0.5, 0.6) is 0 Å². The molecular weight excluding hydrogens is 448 g/mol. The highest BCUT2D eigenvalue weighted by atomic mass is 16.6. The average Bonchev–Trinajstić information content (AvgIpc) is 3.35. The van der Waals surface area contributed by atoms with Gasteiger partial charge in [0, 0.05) is 61.7 Å². The third kappa shape index (κ3) is 5.87. The number of nitro benzene ring substituents is 1. The van der Waals surface area contributed by atoms with E-state index in [1.165, 1.54) is 18.2 Å². The van der Waals surface area contributed by atoms with Crippen LogP contribution < -0.4 is 10.2 Å². The summed E-state index contributed by atoms with van der Waals surface area (Å²) in [4.78, 5) is 39.6. The van der Waals surface area contributed by atoms with Gasteiger partial charge in [-0.25, -0.2) is 0 Å². The predicted molar refractivity (Wildman–Crippen MR) is 133 cm³/mol. The molecule has 0 radical (unpaired) electrons. The molecule has 1 saturated heterocycles. The fourth-order valence-electron chi connectivity index (χ4n) is 4.03. The minimum absolute atomic E-state index is 0.0476. The molecule has 1 fully saturated rings. The second kappa shape index (κ2) is 10.4. The zero-order valence-corrected chi connectivity index (χ0v) is 19.8. The van der Waals surface area contributed by atoms with Crippen LogP contribution in [0.1, 0.15) is 30.8 Å². The number of piperazine rings is 1. The number of hydrogen-bond donors (Lipinski definition) is 1. The molecule has 1 aliphatic rings. The third-order valence-corrected chi connectivity index (χ3v) is 5.88. The summed E-state index contributed by atoms with van der Waals surface area (Å²) in [5, 5.41) is 13.8. The van der Waals surface area contributed by atoms with Crippen LogP contribution in [0.4, 0.5) is 17.1 Å². The highest BCUT2D eigenvalue weighted by molar-refractivity contribution is 6.02. The Morgan fingerprint density at radius 3 is 2.40 bits per heavy atom. The van der Waals surface area contributed by atoms with E-state index >= 15 is 0 Å². The van der Waals surface area contributed by atoms with E-state index in [-0.39, 0.29) is 17.4 Å². The van der Waals surface area contributed by atoms with Crippen LogP contribution in [-0.2, 0) is 4.79 Å². The Kier molecular flexibility index (Phi) is 7.14. The van der Waals surface area contributed by atoms with Crippen molar-refractivity contribution in [2.45, 2.75) is 20.3 Å². The van der Waals surface area contributed by atoms with E-state index in [1.807, 2.05) is 29.2 Å². The number of anilines is 2. The molecule has 35 heavy (non-hydrogen) atoms. The summed E-state index contributed by atoms with van der Waals surface area (Å²) in [5.74, 6) is 0.643. The topological polar surface area (TPSA) is 109 Å². The number of hydrogen-bond acceptors (Lipinski definition) is 6. The summed E-state index contributed by atoms with van der Waals surface area (Å²) in [6.45, 7) is 7.04. The lowest BCUT2D eigenvalue weighted by Gasteiger charge is -2.36. The smallest absolute Gasteiger partial charge is 0.291 e. The molecule has 9 nitrogen and oxygen atoms in total. The van der Waals surface area contributed by atoms with E-state index in [9.17, 15) is 19.7 Å². The molecule has 0 unspecified atom stereocenters. The normalized spacial score (nSPS) is 13.7. The molecule has 1 aromatic heterocycles. The first kappa shape index (κ1) is 24.0. The summed E-state index contributed by atoms with van der Waals surface area (Å²) in [7, 11) is 0. The Morgan fingerprint density at radius 2 is 1.74 bits per heavy atom. The maximum atomic E-state index is 12.6. The third-order valence-electron chi connectivity index (χ3n) is 5.88. The number of benzene rings is 2. The van der Waals surface area contributed by atoms with E-state index in [0.717, 1.165) is 18.8 Å². The number of furan rings is 1. The van der Waals surface area contributed by atoms with Gasteiger partial charge in [0.1, 0.15) is 5.76 Å². The fourth-order valence-corrected chi connectivity index (χ4v) is 4.03. The van der Waals surface area contributed by atoms with Crippen LogP contribution in [0, 0.1) is 16.0 Å². The minimum atomic E-state index is -0.476. The van der Waals surface area contributed by atoms with Crippen LogP contribution >= 0.6 is 0 Å². The first-order valence-electron chi connectivity index (χ1n) is 11.6. The average molecular weight is 477 g/mol.